The molecule has 0 saturated heterocycles. The third-order valence-corrected chi connectivity index (χ3v) is 4.71. The molecule has 0 spiro atoms. The van der Waals surface area contributed by atoms with Crippen molar-refractivity contribution in [3.63, 3.8) is 0 Å². The highest BCUT2D eigenvalue weighted by Crippen LogP contribution is 2.15. The van der Waals surface area contributed by atoms with Crippen molar-refractivity contribution in [2.24, 2.45) is 5.92 Å². The normalized spacial score (nSPS) is 12.6. The van der Waals surface area contributed by atoms with Crippen molar-refractivity contribution in [2.75, 3.05) is 13.2 Å². The van der Waals surface area contributed by atoms with E-state index < -0.39 is 10.0 Å². The first-order chi connectivity index (χ1) is 9.90. The van der Waals surface area contributed by atoms with Crippen LogP contribution >= 0.6 is 0 Å². The molecule has 1 unspecified atom stereocenters. The molecule has 0 saturated carbocycles. The van der Waals surface area contributed by atoms with Gasteiger partial charge in [-0.2, -0.15) is 0 Å². The standard InChI is InChI=1S/C16H23NO3S/c1-4-13(2)12-17-21(19,20)16-9-8-15(14(3)11-16)7-5-6-10-18/h8-9,11,13,17-18H,4,6,10,12H2,1-3H3. The van der Waals surface area contributed by atoms with Crippen LogP contribution in [-0.2, 0) is 10.0 Å². The van der Waals surface area contributed by atoms with Crippen LogP contribution < -0.4 is 4.72 Å². The van der Waals surface area contributed by atoms with Gasteiger partial charge in [0.05, 0.1) is 11.5 Å². The number of benzene rings is 1. The Morgan fingerprint density at radius 2 is 2.10 bits per heavy atom. The van der Waals surface area contributed by atoms with Crippen molar-refractivity contribution in [1.82, 2.24) is 4.72 Å². The van der Waals surface area contributed by atoms with Crippen LogP contribution in [0.4, 0.5) is 0 Å². The molecule has 1 aromatic carbocycles. The van der Waals surface area contributed by atoms with E-state index in [1.54, 1.807) is 18.2 Å². The molecule has 1 aromatic rings. The molecule has 1 atom stereocenters. The van der Waals surface area contributed by atoms with Crippen LogP contribution in [0.15, 0.2) is 23.1 Å². The van der Waals surface area contributed by atoms with Gasteiger partial charge in [-0.05, 0) is 36.6 Å². The van der Waals surface area contributed by atoms with E-state index in [9.17, 15) is 8.42 Å². The number of nitrogens with one attached hydrogen (secondary N) is 1. The van der Waals surface area contributed by atoms with E-state index in [1.165, 1.54) is 0 Å². The lowest BCUT2D eigenvalue weighted by molar-refractivity contribution is 0.305. The lowest BCUT2D eigenvalue weighted by atomic mass is 10.1. The molecule has 1 rings (SSSR count). The second-order valence-electron chi connectivity index (χ2n) is 5.12. The summed E-state index contributed by atoms with van der Waals surface area (Å²) in [5, 5.41) is 8.70. The highest BCUT2D eigenvalue weighted by Gasteiger charge is 2.15. The van der Waals surface area contributed by atoms with Crippen molar-refractivity contribution >= 4 is 10.0 Å². The quantitative estimate of drug-likeness (QED) is 0.790. The summed E-state index contributed by atoms with van der Waals surface area (Å²) in [6.45, 7) is 6.33. The van der Waals surface area contributed by atoms with Crippen LogP contribution in [0.25, 0.3) is 0 Å². The summed E-state index contributed by atoms with van der Waals surface area (Å²) in [6, 6.07) is 4.90. The maximum absolute atomic E-state index is 12.2. The molecule has 21 heavy (non-hydrogen) atoms. The molecule has 0 heterocycles. The van der Waals surface area contributed by atoms with E-state index in [0.29, 0.717) is 18.9 Å². The molecule has 0 aromatic heterocycles. The summed E-state index contributed by atoms with van der Waals surface area (Å²) in [7, 11) is -3.47. The van der Waals surface area contributed by atoms with Crippen LogP contribution in [0.5, 0.6) is 0 Å². The smallest absolute Gasteiger partial charge is 0.240 e. The van der Waals surface area contributed by atoms with E-state index >= 15 is 0 Å². The first kappa shape index (κ1) is 17.7. The van der Waals surface area contributed by atoms with Crippen molar-refractivity contribution in [3.05, 3.63) is 29.3 Å². The molecular weight excluding hydrogens is 286 g/mol. The average Bonchev–Trinajstić information content (AvgIpc) is 2.46. The Balaban J connectivity index is 2.90. The fourth-order valence-corrected chi connectivity index (χ4v) is 2.89. The first-order valence-corrected chi connectivity index (χ1v) is 8.59. The molecule has 0 aliphatic rings. The minimum Gasteiger partial charge on any atom is -0.395 e. The molecular formula is C16H23NO3S. The molecule has 0 amide bonds. The Morgan fingerprint density at radius 1 is 1.38 bits per heavy atom. The summed E-state index contributed by atoms with van der Waals surface area (Å²) in [6.07, 6.45) is 1.34. The number of aliphatic hydroxyl groups is 1. The van der Waals surface area contributed by atoms with E-state index in [1.807, 2.05) is 20.8 Å². The highest BCUT2D eigenvalue weighted by atomic mass is 32.2. The molecule has 4 nitrogen and oxygen atoms in total. The summed E-state index contributed by atoms with van der Waals surface area (Å²) < 4.78 is 27.0. The fraction of sp³-hybridized carbons (Fsp3) is 0.500. The van der Waals surface area contributed by atoms with E-state index in [0.717, 1.165) is 17.5 Å². The molecule has 0 radical (unpaired) electrons. The van der Waals surface area contributed by atoms with Crippen LogP contribution in [0.3, 0.4) is 0 Å². The predicted molar refractivity (Wildman–Crippen MR) is 84.4 cm³/mol. The predicted octanol–water partition coefficient (Wildman–Crippen LogP) is 2.05. The maximum Gasteiger partial charge on any atom is 0.240 e. The molecule has 0 aliphatic carbocycles. The number of hydrogen-bond donors (Lipinski definition) is 2. The summed E-state index contributed by atoms with van der Waals surface area (Å²) in [4.78, 5) is 0.260. The minimum absolute atomic E-state index is 0.0258. The van der Waals surface area contributed by atoms with Gasteiger partial charge in [0.2, 0.25) is 10.0 Å². The van der Waals surface area contributed by atoms with Crippen molar-refractivity contribution < 1.29 is 13.5 Å². The van der Waals surface area contributed by atoms with Gasteiger partial charge in [0, 0.05) is 18.5 Å². The highest BCUT2D eigenvalue weighted by molar-refractivity contribution is 7.89. The average molecular weight is 309 g/mol. The van der Waals surface area contributed by atoms with Crippen LogP contribution in [-0.4, -0.2) is 26.7 Å². The molecule has 5 heteroatoms. The summed E-state index contributed by atoms with van der Waals surface area (Å²) >= 11 is 0. The fourth-order valence-electron chi connectivity index (χ4n) is 1.64. The largest absolute Gasteiger partial charge is 0.395 e. The van der Waals surface area contributed by atoms with Crippen molar-refractivity contribution in [3.8, 4) is 11.8 Å². The lowest BCUT2D eigenvalue weighted by Crippen LogP contribution is -2.28. The number of rotatable bonds is 6. The number of aliphatic hydroxyl groups excluding tert-OH is 1. The van der Waals surface area contributed by atoms with Crippen LogP contribution in [0, 0.1) is 24.7 Å². The number of sulfonamides is 1. The van der Waals surface area contributed by atoms with Gasteiger partial charge in [-0.3, -0.25) is 0 Å². The molecule has 2 N–H and O–H groups in total. The Bertz CT molecular complexity index is 627. The zero-order chi connectivity index (χ0) is 15.9. The van der Waals surface area contributed by atoms with Gasteiger partial charge in [0.25, 0.3) is 0 Å². The van der Waals surface area contributed by atoms with Gasteiger partial charge in [0.1, 0.15) is 0 Å². The third kappa shape index (κ3) is 5.50. The Labute approximate surface area is 127 Å². The zero-order valence-electron chi connectivity index (χ0n) is 12.8. The SMILES string of the molecule is CCC(C)CNS(=O)(=O)c1ccc(C#CCCO)c(C)c1. The van der Waals surface area contributed by atoms with Crippen LogP contribution in [0.2, 0.25) is 0 Å². The van der Waals surface area contributed by atoms with Gasteiger partial charge in [-0.15, -0.1) is 0 Å². The second-order valence-corrected chi connectivity index (χ2v) is 6.88. The van der Waals surface area contributed by atoms with Crippen molar-refractivity contribution in [2.45, 2.75) is 38.5 Å². The van der Waals surface area contributed by atoms with Gasteiger partial charge in [-0.25, -0.2) is 13.1 Å². The van der Waals surface area contributed by atoms with Gasteiger partial charge in [0.15, 0.2) is 0 Å². The van der Waals surface area contributed by atoms with E-state index in [4.69, 9.17) is 5.11 Å². The van der Waals surface area contributed by atoms with Gasteiger partial charge >= 0.3 is 0 Å². The maximum atomic E-state index is 12.2. The minimum atomic E-state index is -3.47. The van der Waals surface area contributed by atoms with E-state index in [2.05, 4.69) is 16.6 Å². The number of aryl methyl sites for hydroxylation is 1. The Hall–Kier alpha value is -1.35. The molecule has 0 fully saturated rings. The molecule has 0 bridgehead atoms. The molecule has 0 aliphatic heterocycles. The summed E-state index contributed by atoms with van der Waals surface area (Å²) in [5.41, 5.74) is 1.59. The third-order valence-electron chi connectivity index (χ3n) is 3.29. The first-order valence-electron chi connectivity index (χ1n) is 7.10. The number of hydrogen-bond acceptors (Lipinski definition) is 3. The topological polar surface area (TPSA) is 66.4 Å². The molecule has 116 valence electrons. The van der Waals surface area contributed by atoms with E-state index in [-0.39, 0.29) is 11.5 Å². The van der Waals surface area contributed by atoms with Gasteiger partial charge < -0.3 is 5.11 Å². The second kappa shape index (κ2) is 8.18. The Morgan fingerprint density at radius 3 is 2.67 bits per heavy atom. The monoisotopic (exact) mass is 309 g/mol. The van der Waals surface area contributed by atoms with Gasteiger partial charge in [-0.1, -0.05) is 32.1 Å². The van der Waals surface area contributed by atoms with Crippen molar-refractivity contribution in [1.29, 1.82) is 0 Å². The lowest BCUT2D eigenvalue weighted by Gasteiger charge is -2.11. The Kier molecular flexibility index (Phi) is 6.90. The summed E-state index contributed by atoms with van der Waals surface area (Å²) in [5.74, 6) is 6.07. The zero-order valence-corrected chi connectivity index (χ0v) is 13.6. The van der Waals surface area contributed by atoms with Crippen LogP contribution in [0.1, 0.15) is 37.8 Å².